The summed E-state index contributed by atoms with van der Waals surface area (Å²) >= 11 is 0. The van der Waals surface area contributed by atoms with E-state index < -0.39 is 0 Å². The lowest BCUT2D eigenvalue weighted by molar-refractivity contribution is 0.457. The van der Waals surface area contributed by atoms with Gasteiger partial charge in [0.05, 0.1) is 5.69 Å². The molecule has 4 aromatic rings. The molecule has 0 saturated carbocycles. The van der Waals surface area contributed by atoms with Crippen LogP contribution in [0.15, 0.2) is 77.0 Å². The smallest absolute Gasteiger partial charge is 0.196 e. The number of hydrogen-bond acceptors (Lipinski definition) is 4. The summed E-state index contributed by atoms with van der Waals surface area (Å²) < 4.78 is 0. The second kappa shape index (κ2) is 6.63. The molecule has 0 bridgehead atoms. The summed E-state index contributed by atoms with van der Waals surface area (Å²) in [5, 5.41) is 22.1. The first-order valence-electron chi connectivity index (χ1n) is 9.45. The van der Waals surface area contributed by atoms with Crippen molar-refractivity contribution in [2.24, 2.45) is 10.2 Å². The van der Waals surface area contributed by atoms with E-state index in [2.05, 4.69) is 44.4 Å². The van der Waals surface area contributed by atoms with E-state index in [0.717, 1.165) is 49.5 Å². The third-order valence-electron chi connectivity index (χ3n) is 5.23. The summed E-state index contributed by atoms with van der Waals surface area (Å²) in [7, 11) is 4.05. The Morgan fingerprint density at radius 1 is 0.931 bits per heavy atom. The molecule has 5 nitrogen and oxygen atoms in total. The Morgan fingerprint density at radius 3 is 2.52 bits per heavy atom. The van der Waals surface area contributed by atoms with Gasteiger partial charge in [0.25, 0.3) is 0 Å². The minimum atomic E-state index is 0.168. The number of rotatable bonds is 3. The third kappa shape index (κ3) is 2.97. The average molecular weight is 380 g/mol. The number of nitrogens with zero attached hydrogens (tertiary/aromatic N) is 3. The molecule has 0 amide bonds. The Kier molecular flexibility index (Phi) is 3.95. The van der Waals surface area contributed by atoms with Crippen molar-refractivity contribution in [3.05, 3.63) is 88.3 Å². The lowest BCUT2D eigenvalue weighted by atomic mass is 10.1. The molecule has 29 heavy (non-hydrogen) atoms. The van der Waals surface area contributed by atoms with Crippen LogP contribution in [0.25, 0.3) is 22.7 Å². The summed E-state index contributed by atoms with van der Waals surface area (Å²) in [4.78, 5) is 5.09. The zero-order valence-corrected chi connectivity index (χ0v) is 16.2. The van der Waals surface area contributed by atoms with Gasteiger partial charge in [-0.1, -0.05) is 36.4 Å². The number of nitrogens with one attached hydrogen (secondary N) is 1. The molecule has 1 aromatic heterocycles. The number of benzene rings is 3. The molecular formula is C24H20N4O. The highest BCUT2D eigenvalue weighted by molar-refractivity contribution is 5.91. The van der Waals surface area contributed by atoms with E-state index in [-0.39, 0.29) is 5.88 Å². The van der Waals surface area contributed by atoms with Crippen LogP contribution in [0.1, 0.15) is 11.1 Å². The van der Waals surface area contributed by atoms with Crippen LogP contribution in [0.2, 0.25) is 0 Å². The standard InChI is InChI=1S/C24H20N4O/c1-28(2)17-10-8-16(9-11-17)23-19-12-7-15(14-22(19)26-27-23)13-20-18-5-3-4-6-21(18)25-24(20)29/h3-14,25,29H,1-2H3. The van der Waals surface area contributed by atoms with Crippen LogP contribution in [-0.2, 0) is 0 Å². The normalized spacial score (nSPS) is 13.3. The molecule has 0 spiro atoms. The molecule has 0 saturated heterocycles. The summed E-state index contributed by atoms with van der Waals surface area (Å²) in [5.74, 6) is 0.168. The molecular weight excluding hydrogens is 360 g/mol. The largest absolute Gasteiger partial charge is 0.494 e. The van der Waals surface area contributed by atoms with Gasteiger partial charge in [0.2, 0.25) is 0 Å². The van der Waals surface area contributed by atoms with Crippen molar-refractivity contribution < 1.29 is 5.11 Å². The monoisotopic (exact) mass is 380 g/mol. The number of aromatic nitrogens is 1. The zero-order chi connectivity index (χ0) is 20.0. The Hall–Kier alpha value is -3.86. The molecule has 5 heteroatoms. The number of H-pyrrole nitrogens is 1. The number of aromatic hydroxyl groups is 1. The van der Waals surface area contributed by atoms with Gasteiger partial charge >= 0.3 is 0 Å². The van der Waals surface area contributed by atoms with E-state index in [0.29, 0.717) is 0 Å². The fourth-order valence-corrected chi connectivity index (χ4v) is 3.67. The predicted molar refractivity (Wildman–Crippen MR) is 117 cm³/mol. The number of aromatic amines is 1. The number of para-hydroxylation sites is 1. The van der Waals surface area contributed by atoms with Crippen LogP contribution in [-0.4, -0.2) is 24.2 Å². The molecule has 2 N–H and O–H groups in total. The maximum absolute atomic E-state index is 10.3. The fraction of sp³-hybridized carbons (Fsp3) is 0.0833. The summed E-state index contributed by atoms with van der Waals surface area (Å²) in [6.45, 7) is 0. The van der Waals surface area contributed by atoms with E-state index in [4.69, 9.17) is 0 Å². The van der Waals surface area contributed by atoms with E-state index in [1.54, 1.807) is 0 Å². The molecule has 142 valence electrons. The average Bonchev–Trinajstić information content (AvgIpc) is 3.29. The lowest BCUT2D eigenvalue weighted by Crippen LogP contribution is -2.10. The number of hydrogen-bond donors (Lipinski definition) is 2. The summed E-state index contributed by atoms with van der Waals surface area (Å²) in [6, 6.07) is 22.2. The van der Waals surface area contributed by atoms with E-state index in [1.807, 2.05) is 62.6 Å². The van der Waals surface area contributed by atoms with Crippen molar-refractivity contribution in [2.45, 2.75) is 0 Å². The molecule has 1 aliphatic heterocycles. The lowest BCUT2D eigenvalue weighted by Gasteiger charge is -2.12. The highest BCUT2D eigenvalue weighted by Gasteiger charge is 2.12. The Balaban J connectivity index is 1.60. The van der Waals surface area contributed by atoms with Gasteiger partial charge < -0.3 is 15.0 Å². The molecule has 0 fully saturated rings. The quantitative estimate of drug-likeness (QED) is 0.564. The van der Waals surface area contributed by atoms with Crippen molar-refractivity contribution in [3.63, 3.8) is 0 Å². The molecule has 5 rings (SSSR count). The van der Waals surface area contributed by atoms with Gasteiger partial charge in [-0.15, -0.1) is 10.2 Å². The first-order chi connectivity index (χ1) is 14.1. The Morgan fingerprint density at radius 2 is 1.72 bits per heavy atom. The second-order valence-electron chi connectivity index (χ2n) is 7.34. The van der Waals surface area contributed by atoms with Crippen molar-refractivity contribution in [1.29, 1.82) is 0 Å². The molecule has 2 heterocycles. The molecule has 0 unspecified atom stereocenters. The maximum atomic E-state index is 10.3. The van der Waals surface area contributed by atoms with Gasteiger partial charge in [-0.2, -0.15) is 0 Å². The van der Waals surface area contributed by atoms with Gasteiger partial charge in [0.1, 0.15) is 5.70 Å². The molecule has 0 atom stereocenters. The number of azo groups is 1. The minimum Gasteiger partial charge on any atom is -0.494 e. The van der Waals surface area contributed by atoms with E-state index in [9.17, 15) is 5.11 Å². The van der Waals surface area contributed by atoms with Crippen LogP contribution in [0.4, 0.5) is 11.4 Å². The first-order valence-corrected chi connectivity index (χ1v) is 9.45. The van der Waals surface area contributed by atoms with E-state index >= 15 is 0 Å². The van der Waals surface area contributed by atoms with Crippen molar-refractivity contribution in [3.8, 4) is 5.88 Å². The van der Waals surface area contributed by atoms with Crippen LogP contribution >= 0.6 is 0 Å². The number of anilines is 1. The maximum Gasteiger partial charge on any atom is 0.196 e. The molecule has 1 aliphatic rings. The second-order valence-corrected chi connectivity index (χ2v) is 7.34. The van der Waals surface area contributed by atoms with E-state index in [1.165, 1.54) is 0 Å². The molecule has 3 aromatic carbocycles. The van der Waals surface area contributed by atoms with Gasteiger partial charge in [0, 0.05) is 47.0 Å². The van der Waals surface area contributed by atoms with Crippen LogP contribution < -0.4 is 15.3 Å². The van der Waals surface area contributed by atoms with Crippen molar-refractivity contribution in [1.82, 2.24) is 4.98 Å². The Labute approximate surface area is 168 Å². The van der Waals surface area contributed by atoms with Crippen molar-refractivity contribution in [2.75, 3.05) is 19.0 Å². The fourth-order valence-electron chi connectivity index (χ4n) is 3.67. The number of fused-ring (bicyclic) bond motifs is 2. The topological polar surface area (TPSA) is 64.0 Å². The molecule has 0 radical (unpaired) electrons. The first kappa shape index (κ1) is 17.3. The van der Waals surface area contributed by atoms with Gasteiger partial charge in [0.15, 0.2) is 5.88 Å². The SMILES string of the molecule is CN(C)c1ccc(C2=c3ccc(=Cc4c(O)[nH]c5ccccc45)cc3N=N2)cc1. The third-order valence-corrected chi connectivity index (χ3v) is 5.23. The van der Waals surface area contributed by atoms with Gasteiger partial charge in [-0.3, -0.25) is 0 Å². The van der Waals surface area contributed by atoms with Gasteiger partial charge in [-0.05, 0) is 41.6 Å². The zero-order valence-electron chi connectivity index (χ0n) is 16.2. The van der Waals surface area contributed by atoms with Crippen LogP contribution in [0.3, 0.4) is 0 Å². The van der Waals surface area contributed by atoms with Gasteiger partial charge in [-0.25, -0.2) is 0 Å². The van der Waals surface area contributed by atoms with Crippen LogP contribution in [0, 0.1) is 0 Å². The molecule has 0 aliphatic carbocycles. The van der Waals surface area contributed by atoms with Crippen LogP contribution in [0.5, 0.6) is 5.88 Å². The predicted octanol–water partition coefficient (Wildman–Crippen LogP) is 4.02. The minimum absolute atomic E-state index is 0.168. The summed E-state index contributed by atoms with van der Waals surface area (Å²) in [6.07, 6.45) is 1.97. The highest BCUT2D eigenvalue weighted by Crippen LogP contribution is 2.28. The summed E-state index contributed by atoms with van der Waals surface area (Å²) in [5.41, 5.74) is 5.60. The van der Waals surface area contributed by atoms with Crippen molar-refractivity contribution >= 4 is 34.1 Å². The highest BCUT2D eigenvalue weighted by atomic mass is 16.3. The Bertz CT molecular complexity index is 1380.